The Morgan fingerprint density at radius 1 is 0.298 bits per heavy atom. The third kappa shape index (κ3) is 5.11. The van der Waals surface area contributed by atoms with Crippen molar-refractivity contribution in [3.8, 4) is 33.4 Å². The molecular weight excluding hydrogens is 689 g/mol. The molecule has 57 heavy (non-hydrogen) atoms. The first-order valence-electron chi connectivity index (χ1n) is 19.7. The standard InChI is InChI=1S/C55H38N2/c1-4-17-39(18-5-1)40-31-35-44(36-32-40)56(42-19-6-2-7-20-42)45-37-33-41(34-38-45)46-24-16-28-51-54(46)47-23-10-11-25-48(47)55(51)49-26-12-14-29-52(49)57(43-21-8-3-9-22-43)53-30-15-13-27-50(53)55/h1-38H. The summed E-state index contributed by atoms with van der Waals surface area (Å²) in [4.78, 5) is 4.78. The molecule has 0 saturated carbocycles. The Hall–Kier alpha value is -7.42. The fourth-order valence-corrected chi connectivity index (χ4v) is 9.50. The molecule has 0 radical (unpaired) electrons. The molecule has 0 fully saturated rings. The van der Waals surface area contributed by atoms with Gasteiger partial charge in [-0.2, -0.15) is 0 Å². The van der Waals surface area contributed by atoms with Crippen molar-refractivity contribution in [3.05, 3.63) is 253 Å². The second kappa shape index (κ2) is 13.4. The molecule has 0 bridgehead atoms. The van der Waals surface area contributed by atoms with Crippen molar-refractivity contribution in [1.29, 1.82) is 0 Å². The molecule has 9 aromatic rings. The van der Waals surface area contributed by atoms with Gasteiger partial charge in [0.05, 0.1) is 16.8 Å². The van der Waals surface area contributed by atoms with Crippen LogP contribution in [0.2, 0.25) is 0 Å². The van der Waals surface area contributed by atoms with Crippen molar-refractivity contribution in [2.75, 3.05) is 9.80 Å². The molecule has 1 aliphatic carbocycles. The van der Waals surface area contributed by atoms with Gasteiger partial charge in [-0.25, -0.2) is 0 Å². The summed E-state index contributed by atoms with van der Waals surface area (Å²) in [6.07, 6.45) is 0. The molecule has 2 nitrogen and oxygen atoms in total. The summed E-state index contributed by atoms with van der Waals surface area (Å²) in [6.45, 7) is 0. The van der Waals surface area contributed by atoms with Crippen LogP contribution in [0.1, 0.15) is 22.3 Å². The molecule has 0 aromatic heterocycles. The van der Waals surface area contributed by atoms with Crippen LogP contribution in [0.4, 0.5) is 34.1 Å². The van der Waals surface area contributed by atoms with E-state index in [1.54, 1.807) is 0 Å². The van der Waals surface area contributed by atoms with E-state index in [0.717, 1.165) is 22.7 Å². The first-order chi connectivity index (χ1) is 28.3. The first kappa shape index (κ1) is 33.0. The largest absolute Gasteiger partial charge is 0.311 e. The highest BCUT2D eigenvalue weighted by Gasteiger charge is 2.52. The minimum Gasteiger partial charge on any atom is -0.311 e. The summed E-state index contributed by atoms with van der Waals surface area (Å²) in [7, 11) is 0. The maximum absolute atomic E-state index is 2.44. The van der Waals surface area contributed by atoms with Crippen LogP contribution in [0.25, 0.3) is 33.4 Å². The Balaban J connectivity index is 1.06. The zero-order valence-corrected chi connectivity index (χ0v) is 31.3. The molecular formula is C55H38N2. The minimum absolute atomic E-state index is 0.490. The van der Waals surface area contributed by atoms with Crippen LogP contribution in [0, 0.1) is 0 Å². The Morgan fingerprint density at radius 2 is 0.737 bits per heavy atom. The third-order valence-corrected chi connectivity index (χ3v) is 11.9. The average molecular weight is 727 g/mol. The van der Waals surface area contributed by atoms with Gasteiger partial charge >= 0.3 is 0 Å². The zero-order valence-electron chi connectivity index (χ0n) is 31.3. The molecule has 0 atom stereocenters. The van der Waals surface area contributed by atoms with Crippen LogP contribution in [0.5, 0.6) is 0 Å². The highest BCUT2D eigenvalue weighted by atomic mass is 15.2. The predicted molar refractivity (Wildman–Crippen MR) is 238 cm³/mol. The maximum atomic E-state index is 2.44. The lowest BCUT2D eigenvalue weighted by Gasteiger charge is -2.45. The van der Waals surface area contributed by atoms with Gasteiger partial charge < -0.3 is 9.80 Å². The smallest absolute Gasteiger partial charge is 0.0754 e. The Morgan fingerprint density at radius 3 is 1.37 bits per heavy atom. The van der Waals surface area contributed by atoms with E-state index >= 15 is 0 Å². The molecule has 268 valence electrons. The van der Waals surface area contributed by atoms with Gasteiger partial charge in [-0.05, 0) is 116 Å². The van der Waals surface area contributed by atoms with Gasteiger partial charge in [0, 0.05) is 22.7 Å². The second-order valence-electron chi connectivity index (χ2n) is 14.9. The lowest BCUT2D eigenvalue weighted by atomic mass is 9.64. The van der Waals surface area contributed by atoms with E-state index in [9.17, 15) is 0 Å². The van der Waals surface area contributed by atoms with E-state index in [-0.39, 0.29) is 0 Å². The Labute approximate surface area is 334 Å². The molecule has 0 unspecified atom stereocenters. The number of anilines is 6. The quantitative estimate of drug-likeness (QED) is 0.168. The number of rotatable bonds is 6. The van der Waals surface area contributed by atoms with Crippen LogP contribution in [0.15, 0.2) is 231 Å². The average Bonchev–Trinajstić information content (AvgIpc) is 3.59. The van der Waals surface area contributed by atoms with Crippen LogP contribution in [-0.2, 0) is 5.41 Å². The van der Waals surface area contributed by atoms with Crippen molar-refractivity contribution >= 4 is 34.1 Å². The molecule has 9 aromatic carbocycles. The van der Waals surface area contributed by atoms with Crippen molar-refractivity contribution in [1.82, 2.24) is 0 Å². The van der Waals surface area contributed by atoms with E-state index in [4.69, 9.17) is 0 Å². The van der Waals surface area contributed by atoms with Gasteiger partial charge in [0.15, 0.2) is 0 Å². The summed E-state index contributed by atoms with van der Waals surface area (Å²) in [5, 5.41) is 0. The van der Waals surface area contributed by atoms with Gasteiger partial charge in [0.1, 0.15) is 0 Å². The molecule has 1 spiro atoms. The Bertz CT molecular complexity index is 2830. The molecule has 1 heterocycles. The monoisotopic (exact) mass is 726 g/mol. The molecule has 0 N–H and O–H groups in total. The number of nitrogens with zero attached hydrogens (tertiary/aromatic N) is 2. The van der Waals surface area contributed by atoms with Gasteiger partial charge in [0.2, 0.25) is 0 Å². The predicted octanol–water partition coefficient (Wildman–Crippen LogP) is 14.6. The first-order valence-corrected chi connectivity index (χ1v) is 19.7. The lowest BCUT2D eigenvalue weighted by molar-refractivity contribution is 0.753. The van der Waals surface area contributed by atoms with Crippen molar-refractivity contribution in [2.24, 2.45) is 0 Å². The van der Waals surface area contributed by atoms with Crippen molar-refractivity contribution in [3.63, 3.8) is 0 Å². The molecule has 0 saturated heterocycles. The minimum atomic E-state index is -0.490. The van der Waals surface area contributed by atoms with Gasteiger partial charge in [-0.3, -0.25) is 0 Å². The summed E-state index contributed by atoms with van der Waals surface area (Å²) >= 11 is 0. The van der Waals surface area contributed by atoms with Gasteiger partial charge in [-0.1, -0.05) is 170 Å². The fourth-order valence-electron chi connectivity index (χ4n) is 9.50. The highest BCUT2D eigenvalue weighted by molar-refractivity contribution is 6.00. The topological polar surface area (TPSA) is 6.48 Å². The maximum Gasteiger partial charge on any atom is 0.0754 e. The Kier molecular flexibility index (Phi) is 7.75. The van der Waals surface area contributed by atoms with Crippen LogP contribution >= 0.6 is 0 Å². The van der Waals surface area contributed by atoms with Crippen LogP contribution in [0.3, 0.4) is 0 Å². The van der Waals surface area contributed by atoms with Crippen LogP contribution < -0.4 is 9.80 Å². The van der Waals surface area contributed by atoms with E-state index < -0.39 is 5.41 Å². The van der Waals surface area contributed by atoms with Gasteiger partial charge in [-0.15, -0.1) is 0 Å². The normalized spacial score (nSPS) is 13.0. The van der Waals surface area contributed by atoms with E-state index in [1.165, 1.54) is 67.0 Å². The molecule has 0 amide bonds. The SMILES string of the molecule is c1ccc(-c2ccc(N(c3ccccc3)c3ccc(-c4cccc5c4-c4ccccc4C54c5ccccc5N(c5ccccc5)c5ccccc54)cc3)cc2)cc1. The summed E-state index contributed by atoms with van der Waals surface area (Å²) < 4.78 is 0. The second-order valence-corrected chi connectivity index (χ2v) is 14.9. The molecule has 2 aliphatic rings. The lowest BCUT2D eigenvalue weighted by Crippen LogP contribution is -2.36. The van der Waals surface area contributed by atoms with E-state index in [1.807, 2.05) is 0 Å². The highest BCUT2D eigenvalue weighted by Crippen LogP contribution is 2.64. The third-order valence-electron chi connectivity index (χ3n) is 11.9. The summed E-state index contributed by atoms with van der Waals surface area (Å²) in [5.74, 6) is 0. The van der Waals surface area contributed by atoms with E-state index in [0.29, 0.717) is 0 Å². The molecule has 11 rings (SSSR count). The number of fused-ring (bicyclic) bond motifs is 9. The zero-order chi connectivity index (χ0) is 37.8. The molecule has 2 heteroatoms. The summed E-state index contributed by atoms with van der Waals surface area (Å²) in [5.41, 5.74) is 19.1. The van der Waals surface area contributed by atoms with E-state index in [2.05, 4.69) is 240 Å². The number of hydrogen-bond donors (Lipinski definition) is 0. The molecule has 1 aliphatic heterocycles. The number of para-hydroxylation sites is 4. The summed E-state index contributed by atoms with van der Waals surface area (Å²) in [6, 6.07) is 84.0. The fraction of sp³-hybridized carbons (Fsp3) is 0.0182. The van der Waals surface area contributed by atoms with Crippen LogP contribution in [-0.4, -0.2) is 0 Å². The van der Waals surface area contributed by atoms with Crippen molar-refractivity contribution in [2.45, 2.75) is 5.41 Å². The number of hydrogen-bond acceptors (Lipinski definition) is 2. The van der Waals surface area contributed by atoms with Gasteiger partial charge in [0.25, 0.3) is 0 Å². The van der Waals surface area contributed by atoms with Crippen molar-refractivity contribution < 1.29 is 0 Å². The number of benzene rings is 9.